The minimum Gasteiger partial charge on any atom is -0.388 e. The Bertz CT molecular complexity index is 335. The molecule has 0 saturated heterocycles. The van der Waals surface area contributed by atoms with Crippen LogP contribution in [0.1, 0.15) is 44.8 Å². The molecule has 0 fully saturated rings. The number of halogens is 2. The zero-order valence-electron chi connectivity index (χ0n) is 9.71. The van der Waals surface area contributed by atoms with Gasteiger partial charge in [0, 0.05) is 0 Å². The van der Waals surface area contributed by atoms with Gasteiger partial charge in [-0.3, -0.25) is 0 Å². The Kier molecular flexibility index (Phi) is 4.87. The molecule has 0 bridgehead atoms. The van der Waals surface area contributed by atoms with E-state index < -0.39 is 17.7 Å². The predicted octanol–water partition coefficient (Wildman–Crippen LogP) is 3.82. The fourth-order valence-corrected chi connectivity index (χ4v) is 1.79. The van der Waals surface area contributed by atoms with Crippen LogP contribution in [0.3, 0.4) is 0 Å². The number of rotatable bonds is 5. The summed E-state index contributed by atoms with van der Waals surface area (Å²) in [5.74, 6) is -1.36. The molecule has 1 rings (SSSR count). The van der Waals surface area contributed by atoms with E-state index in [2.05, 4.69) is 13.8 Å². The van der Waals surface area contributed by atoms with E-state index in [0.717, 1.165) is 25.0 Å². The summed E-state index contributed by atoms with van der Waals surface area (Å²) in [5, 5.41) is 9.88. The molecule has 0 aromatic heterocycles. The second-order valence-corrected chi connectivity index (χ2v) is 4.11. The number of hydrogen-bond acceptors (Lipinski definition) is 1. The standard InChI is InChI=1S/C13H18F2O/c1-3-9(4-2)7-13(16)10-5-6-11(14)12(15)8-10/h5-6,8-9,13,16H,3-4,7H2,1-2H3. The van der Waals surface area contributed by atoms with Gasteiger partial charge in [-0.2, -0.15) is 0 Å². The molecule has 1 unspecified atom stereocenters. The molecular weight excluding hydrogens is 210 g/mol. The summed E-state index contributed by atoms with van der Waals surface area (Å²) in [7, 11) is 0. The molecule has 0 spiro atoms. The summed E-state index contributed by atoms with van der Waals surface area (Å²) >= 11 is 0. The van der Waals surface area contributed by atoms with E-state index >= 15 is 0 Å². The molecule has 0 radical (unpaired) electrons. The van der Waals surface area contributed by atoms with Crippen LogP contribution in [0.4, 0.5) is 8.78 Å². The Morgan fingerprint density at radius 3 is 2.25 bits per heavy atom. The van der Waals surface area contributed by atoms with Gasteiger partial charge in [-0.1, -0.05) is 32.8 Å². The minimum absolute atomic E-state index is 0.420. The summed E-state index contributed by atoms with van der Waals surface area (Å²) < 4.78 is 25.7. The molecule has 1 aromatic carbocycles. The summed E-state index contributed by atoms with van der Waals surface area (Å²) in [6.45, 7) is 4.12. The third kappa shape index (κ3) is 3.27. The van der Waals surface area contributed by atoms with E-state index in [0.29, 0.717) is 17.9 Å². The van der Waals surface area contributed by atoms with Crippen LogP contribution in [0, 0.1) is 17.6 Å². The van der Waals surface area contributed by atoms with Crippen molar-refractivity contribution in [3.8, 4) is 0 Å². The van der Waals surface area contributed by atoms with Crippen LogP contribution < -0.4 is 0 Å². The molecule has 16 heavy (non-hydrogen) atoms. The molecule has 0 aliphatic carbocycles. The van der Waals surface area contributed by atoms with Crippen molar-refractivity contribution in [2.24, 2.45) is 5.92 Å². The molecule has 0 amide bonds. The zero-order chi connectivity index (χ0) is 12.1. The van der Waals surface area contributed by atoms with Gasteiger partial charge < -0.3 is 5.11 Å². The average Bonchev–Trinajstić information content (AvgIpc) is 2.29. The molecule has 0 saturated carbocycles. The van der Waals surface area contributed by atoms with Crippen LogP contribution >= 0.6 is 0 Å². The minimum atomic E-state index is -0.902. The maximum absolute atomic E-state index is 13.0. The Morgan fingerprint density at radius 2 is 1.75 bits per heavy atom. The van der Waals surface area contributed by atoms with Crippen molar-refractivity contribution in [2.45, 2.75) is 39.2 Å². The van der Waals surface area contributed by atoms with Gasteiger partial charge in [0.25, 0.3) is 0 Å². The Labute approximate surface area is 95.1 Å². The maximum Gasteiger partial charge on any atom is 0.159 e. The number of aliphatic hydroxyl groups is 1. The van der Waals surface area contributed by atoms with Crippen molar-refractivity contribution in [1.29, 1.82) is 0 Å². The first kappa shape index (κ1) is 13.1. The lowest BCUT2D eigenvalue weighted by Gasteiger charge is -2.17. The van der Waals surface area contributed by atoms with Crippen LogP contribution in [0.25, 0.3) is 0 Å². The predicted molar refractivity (Wildman–Crippen MR) is 60.0 cm³/mol. The van der Waals surface area contributed by atoms with E-state index in [1.54, 1.807) is 0 Å². The normalized spacial score (nSPS) is 13.1. The van der Waals surface area contributed by atoms with Crippen LogP contribution in [0.2, 0.25) is 0 Å². The summed E-state index contributed by atoms with van der Waals surface area (Å²) in [6, 6.07) is 3.56. The van der Waals surface area contributed by atoms with Crippen molar-refractivity contribution in [3.05, 3.63) is 35.4 Å². The van der Waals surface area contributed by atoms with Gasteiger partial charge >= 0.3 is 0 Å². The van der Waals surface area contributed by atoms with Crippen molar-refractivity contribution in [3.63, 3.8) is 0 Å². The smallest absolute Gasteiger partial charge is 0.159 e. The molecule has 1 nitrogen and oxygen atoms in total. The third-order valence-corrected chi connectivity index (χ3v) is 3.04. The van der Waals surface area contributed by atoms with E-state index in [4.69, 9.17) is 0 Å². The van der Waals surface area contributed by atoms with E-state index in [1.165, 1.54) is 6.07 Å². The molecule has 90 valence electrons. The van der Waals surface area contributed by atoms with Gasteiger partial charge in [0.2, 0.25) is 0 Å². The number of hydrogen-bond donors (Lipinski definition) is 1. The molecule has 1 N–H and O–H groups in total. The first-order valence-corrected chi connectivity index (χ1v) is 5.71. The molecule has 0 aliphatic heterocycles. The lowest BCUT2D eigenvalue weighted by atomic mass is 9.93. The Balaban J connectivity index is 2.72. The Morgan fingerprint density at radius 1 is 1.12 bits per heavy atom. The second-order valence-electron chi connectivity index (χ2n) is 4.11. The van der Waals surface area contributed by atoms with Gasteiger partial charge in [-0.15, -0.1) is 0 Å². The monoisotopic (exact) mass is 228 g/mol. The van der Waals surface area contributed by atoms with Crippen LogP contribution in [-0.2, 0) is 0 Å². The summed E-state index contributed by atoms with van der Waals surface area (Å²) in [6.07, 6.45) is 1.85. The summed E-state index contributed by atoms with van der Waals surface area (Å²) in [4.78, 5) is 0. The van der Waals surface area contributed by atoms with Crippen molar-refractivity contribution in [2.75, 3.05) is 0 Å². The van der Waals surface area contributed by atoms with Gasteiger partial charge in [0.1, 0.15) is 0 Å². The lowest BCUT2D eigenvalue weighted by Crippen LogP contribution is -2.06. The first-order chi connectivity index (χ1) is 7.58. The highest BCUT2D eigenvalue weighted by Crippen LogP contribution is 2.25. The highest BCUT2D eigenvalue weighted by molar-refractivity contribution is 5.20. The van der Waals surface area contributed by atoms with Gasteiger partial charge in [-0.05, 0) is 30.0 Å². The largest absolute Gasteiger partial charge is 0.388 e. The molecule has 0 aliphatic rings. The van der Waals surface area contributed by atoms with Crippen LogP contribution in [0.15, 0.2) is 18.2 Å². The van der Waals surface area contributed by atoms with Crippen molar-refractivity contribution < 1.29 is 13.9 Å². The SMILES string of the molecule is CCC(CC)CC(O)c1ccc(F)c(F)c1. The lowest BCUT2D eigenvalue weighted by molar-refractivity contribution is 0.140. The molecular formula is C13H18F2O. The van der Waals surface area contributed by atoms with Gasteiger partial charge in [-0.25, -0.2) is 8.78 Å². The number of aliphatic hydroxyl groups excluding tert-OH is 1. The van der Waals surface area contributed by atoms with Crippen LogP contribution in [0.5, 0.6) is 0 Å². The highest BCUT2D eigenvalue weighted by atomic mass is 19.2. The quantitative estimate of drug-likeness (QED) is 0.812. The van der Waals surface area contributed by atoms with E-state index in [9.17, 15) is 13.9 Å². The number of benzene rings is 1. The fraction of sp³-hybridized carbons (Fsp3) is 0.538. The molecule has 3 heteroatoms. The van der Waals surface area contributed by atoms with Gasteiger partial charge in [0.15, 0.2) is 11.6 Å². The van der Waals surface area contributed by atoms with Gasteiger partial charge in [0.05, 0.1) is 6.10 Å². The molecule has 1 aromatic rings. The average molecular weight is 228 g/mol. The van der Waals surface area contributed by atoms with E-state index in [-0.39, 0.29) is 0 Å². The molecule has 0 heterocycles. The van der Waals surface area contributed by atoms with Crippen molar-refractivity contribution >= 4 is 0 Å². The van der Waals surface area contributed by atoms with Crippen molar-refractivity contribution in [1.82, 2.24) is 0 Å². The second kappa shape index (κ2) is 5.94. The fourth-order valence-electron chi connectivity index (χ4n) is 1.79. The first-order valence-electron chi connectivity index (χ1n) is 5.71. The van der Waals surface area contributed by atoms with Crippen LogP contribution in [-0.4, -0.2) is 5.11 Å². The Hall–Kier alpha value is -0.960. The summed E-state index contributed by atoms with van der Waals surface area (Å²) in [5.41, 5.74) is 0.450. The highest BCUT2D eigenvalue weighted by Gasteiger charge is 2.14. The third-order valence-electron chi connectivity index (χ3n) is 3.04. The van der Waals surface area contributed by atoms with E-state index in [1.807, 2.05) is 0 Å². The molecule has 1 atom stereocenters. The topological polar surface area (TPSA) is 20.2 Å². The zero-order valence-corrected chi connectivity index (χ0v) is 9.71. The maximum atomic E-state index is 13.0.